The van der Waals surface area contributed by atoms with Crippen LogP contribution in [0.5, 0.6) is 5.75 Å². The molecule has 0 aliphatic rings. The number of hydrogen-bond donors (Lipinski definition) is 1. The Bertz CT molecular complexity index is 969. The van der Waals surface area contributed by atoms with Gasteiger partial charge in [-0.1, -0.05) is 119 Å². The van der Waals surface area contributed by atoms with Gasteiger partial charge in [0.1, 0.15) is 17.3 Å². The number of ketones is 4. The van der Waals surface area contributed by atoms with Crippen LogP contribution in [0.4, 0.5) is 0 Å². The Hall–Kier alpha value is -2.83. The highest BCUT2D eigenvalue weighted by Crippen LogP contribution is 2.24. The molecule has 46 heavy (non-hydrogen) atoms. The van der Waals surface area contributed by atoms with Crippen LogP contribution in [0.25, 0.3) is 0 Å². The monoisotopic (exact) mass is 648 g/mol. The van der Waals surface area contributed by atoms with E-state index in [4.69, 9.17) is 4.74 Å². The van der Waals surface area contributed by atoms with Crippen LogP contribution in [0.15, 0.2) is 18.2 Å². The van der Waals surface area contributed by atoms with Gasteiger partial charge in [0.25, 0.3) is 5.91 Å². The summed E-state index contributed by atoms with van der Waals surface area (Å²) < 4.78 is 5.44. The second kappa shape index (κ2) is 32.1. The molecule has 0 aliphatic carbocycles. The Morgan fingerprint density at radius 1 is 0.761 bits per heavy atom. The number of rotatable bonds is 20. The van der Waals surface area contributed by atoms with E-state index in [2.05, 4.69) is 39.9 Å². The molecule has 0 saturated heterocycles. The molecule has 2 unspecified atom stereocenters. The first kappa shape index (κ1) is 47.6. The Kier molecular flexibility index (Phi) is 33.2. The van der Waals surface area contributed by atoms with E-state index in [1.807, 2.05) is 20.8 Å². The average Bonchev–Trinajstić information content (AvgIpc) is 3.05. The van der Waals surface area contributed by atoms with Gasteiger partial charge < -0.3 is 14.8 Å². The van der Waals surface area contributed by atoms with Crippen molar-refractivity contribution in [3.05, 3.63) is 29.3 Å². The van der Waals surface area contributed by atoms with Gasteiger partial charge in [-0.3, -0.25) is 19.2 Å². The van der Waals surface area contributed by atoms with E-state index in [-0.39, 0.29) is 47.1 Å². The van der Waals surface area contributed by atoms with E-state index >= 15 is 0 Å². The molecular weight excluding hydrogens is 578 g/mol. The summed E-state index contributed by atoms with van der Waals surface area (Å²) in [7, 11) is 0. The third-order valence-corrected chi connectivity index (χ3v) is 7.43. The molecular formula is C39H69NO6. The van der Waals surface area contributed by atoms with Crippen molar-refractivity contribution >= 4 is 29.0 Å². The van der Waals surface area contributed by atoms with Crippen molar-refractivity contribution in [3.63, 3.8) is 0 Å². The fraction of sp³-hybridized carbons (Fsp3) is 0.718. The number of carbonyl (C=O) groups is 5. The second-order valence-corrected chi connectivity index (χ2v) is 12.0. The molecule has 7 nitrogen and oxygen atoms in total. The van der Waals surface area contributed by atoms with Crippen molar-refractivity contribution in [2.75, 3.05) is 13.2 Å². The Balaban J connectivity index is -0.000000643. The van der Waals surface area contributed by atoms with E-state index in [1.54, 1.807) is 32.0 Å². The molecule has 0 fully saturated rings. The molecule has 0 heterocycles. The zero-order chi connectivity index (χ0) is 35.9. The molecule has 0 bridgehead atoms. The zero-order valence-corrected chi connectivity index (χ0v) is 31.4. The number of carbonyl (C=O) groups excluding carboxylic acids is 5. The van der Waals surface area contributed by atoms with Gasteiger partial charge >= 0.3 is 0 Å². The maximum absolute atomic E-state index is 11.9. The quantitative estimate of drug-likeness (QED) is 0.111. The van der Waals surface area contributed by atoms with Gasteiger partial charge in [0.05, 0.1) is 5.56 Å². The van der Waals surface area contributed by atoms with Crippen molar-refractivity contribution in [3.8, 4) is 5.75 Å². The number of Topliss-reactive ketones (excluding diaryl/α,β-unsaturated/α-hetero) is 4. The Morgan fingerprint density at radius 3 is 1.83 bits per heavy atom. The minimum atomic E-state index is -0.251. The van der Waals surface area contributed by atoms with Crippen LogP contribution in [0.1, 0.15) is 180 Å². The highest BCUT2D eigenvalue weighted by atomic mass is 16.5. The topological polar surface area (TPSA) is 107 Å². The molecule has 1 aromatic rings. The third-order valence-electron chi connectivity index (χ3n) is 7.43. The van der Waals surface area contributed by atoms with Gasteiger partial charge in [0.2, 0.25) is 0 Å². The highest BCUT2D eigenvalue weighted by Gasteiger charge is 2.19. The van der Waals surface area contributed by atoms with Gasteiger partial charge in [-0.2, -0.15) is 0 Å². The normalized spacial score (nSPS) is 11.2. The molecule has 1 amide bonds. The maximum Gasteiger partial charge on any atom is 0.257 e. The molecule has 0 saturated carbocycles. The van der Waals surface area contributed by atoms with Crippen LogP contribution < -0.4 is 10.1 Å². The molecule has 2 atom stereocenters. The molecule has 0 aliphatic heterocycles. The Morgan fingerprint density at radius 2 is 1.37 bits per heavy atom. The second-order valence-electron chi connectivity index (χ2n) is 12.0. The number of hydrogen-bond acceptors (Lipinski definition) is 6. The predicted molar refractivity (Wildman–Crippen MR) is 193 cm³/mol. The van der Waals surface area contributed by atoms with Crippen LogP contribution in [-0.4, -0.2) is 42.2 Å². The van der Waals surface area contributed by atoms with Crippen molar-refractivity contribution in [2.24, 2.45) is 11.8 Å². The van der Waals surface area contributed by atoms with E-state index < -0.39 is 0 Å². The van der Waals surface area contributed by atoms with Gasteiger partial charge in [0, 0.05) is 37.3 Å². The molecule has 0 radical (unpaired) electrons. The minimum Gasteiger partial charge on any atom is -0.483 e. The zero-order valence-electron chi connectivity index (χ0n) is 31.4. The third kappa shape index (κ3) is 26.4. The van der Waals surface area contributed by atoms with Crippen LogP contribution in [0.2, 0.25) is 0 Å². The molecule has 0 spiro atoms. The average molecular weight is 648 g/mol. The van der Waals surface area contributed by atoms with E-state index in [0.29, 0.717) is 43.6 Å². The van der Waals surface area contributed by atoms with Crippen molar-refractivity contribution in [2.45, 2.75) is 160 Å². The standard InChI is InChI=1S/C17H23NO4.C10H18O2.C8H18.C4H10/c1-4-6-10-18-16(21)11-22-15-9-7-8-13(14(20)5-2)17(15)12(3)19;1-4-5-10(12)8(2)6-7-9(3)11;1-4-6-7-8(3)5-2;1-3-4-2/h7-9H,4-6,10-11H2,1-3H3,(H,18,21);8H,4-7H2,1-3H3;8H,4-7H2,1-3H3;3-4H2,1-2H3. The minimum absolute atomic E-state index is 0.0637. The lowest BCUT2D eigenvalue weighted by Gasteiger charge is -2.13. The molecule has 0 aromatic heterocycles. The lowest BCUT2D eigenvalue weighted by atomic mass is 9.97. The molecule has 266 valence electrons. The van der Waals surface area contributed by atoms with Crippen LogP contribution in [-0.2, 0) is 14.4 Å². The van der Waals surface area contributed by atoms with Crippen molar-refractivity contribution in [1.29, 1.82) is 0 Å². The van der Waals surface area contributed by atoms with Crippen LogP contribution in [0, 0.1) is 11.8 Å². The Labute approximate surface area is 282 Å². The van der Waals surface area contributed by atoms with Crippen molar-refractivity contribution < 1.29 is 28.7 Å². The predicted octanol–water partition coefficient (Wildman–Crippen LogP) is 10.2. The first-order valence-electron chi connectivity index (χ1n) is 17.9. The summed E-state index contributed by atoms with van der Waals surface area (Å²) in [4.78, 5) is 57.3. The maximum atomic E-state index is 11.9. The van der Waals surface area contributed by atoms with Crippen LogP contribution in [0.3, 0.4) is 0 Å². The lowest BCUT2D eigenvalue weighted by Crippen LogP contribution is -2.30. The number of nitrogens with one attached hydrogen (secondary N) is 1. The molecule has 1 aromatic carbocycles. The lowest BCUT2D eigenvalue weighted by molar-refractivity contribution is -0.124. The molecule has 1 N–H and O–H groups in total. The van der Waals surface area contributed by atoms with Crippen LogP contribution >= 0.6 is 0 Å². The van der Waals surface area contributed by atoms with Gasteiger partial charge in [-0.25, -0.2) is 0 Å². The van der Waals surface area contributed by atoms with Crippen molar-refractivity contribution in [1.82, 2.24) is 5.32 Å². The summed E-state index contributed by atoms with van der Waals surface area (Å²) in [6.45, 7) is 22.3. The first-order chi connectivity index (χ1) is 21.8. The van der Waals surface area contributed by atoms with E-state index in [9.17, 15) is 24.0 Å². The summed E-state index contributed by atoms with van der Waals surface area (Å²) in [5.41, 5.74) is 0.592. The summed E-state index contributed by atoms with van der Waals surface area (Å²) in [5.74, 6) is 1.14. The fourth-order valence-electron chi connectivity index (χ4n) is 3.87. The van der Waals surface area contributed by atoms with Gasteiger partial charge in [-0.05, 0) is 45.1 Å². The number of ether oxygens (including phenoxy) is 1. The SMILES string of the molecule is CCCC.CCCC(=O)C(C)CCC(C)=O.CCCCC(C)CC.CCCCNC(=O)COc1cccc(C(=O)CC)c1C(C)=O. The highest BCUT2D eigenvalue weighted by molar-refractivity contribution is 6.09. The van der Waals surface area contributed by atoms with E-state index in [0.717, 1.165) is 25.2 Å². The molecule has 7 heteroatoms. The van der Waals surface area contributed by atoms with E-state index in [1.165, 1.54) is 45.4 Å². The number of unbranched alkanes of at least 4 members (excludes halogenated alkanes) is 3. The first-order valence-corrected chi connectivity index (χ1v) is 17.9. The fourth-order valence-corrected chi connectivity index (χ4v) is 3.87. The largest absolute Gasteiger partial charge is 0.483 e. The van der Waals surface area contributed by atoms with Gasteiger partial charge in [-0.15, -0.1) is 0 Å². The summed E-state index contributed by atoms with van der Waals surface area (Å²) in [6, 6.07) is 4.86. The summed E-state index contributed by atoms with van der Waals surface area (Å²) in [6.07, 6.45) is 13.2. The number of amides is 1. The number of benzene rings is 1. The summed E-state index contributed by atoms with van der Waals surface area (Å²) in [5, 5.41) is 2.74. The molecule has 1 rings (SSSR count). The smallest absolute Gasteiger partial charge is 0.257 e. The van der Waals surface area contributed by atoms with Gasteiger partial charge in [0.15, 0.2) is 18.2 Å². The summed E-state index contributed by atoms with van der Waals surface area (Å²) >= 11 is 0.